The third-order valence-electron chi connectivity index (χ3n) is 5.50. The summed E-state index contributed by atoms with van der Waals surface area (Å²) in [5.74, 6) is -1.65. The summed E-state index contributed by atoms with van der Waals surface area (Å²) in [5, 5.41) is 22.8. The first-order valence-corrected chi connectivity index (χ1v) is 11.0. The van der Waals surface area contributed by atoms with Crippen LogP contribution in [0.25, 0.3) is 5.57 Å². The summed E-state index contributed by atoms with van der Waals surface area (Å²) in [4.78, 5) is 27.2. The second kappa shape index (κ2) is 9.77. The second-order valence-electron chi connectivity index (χ2n) is 9.38. The van der Waals surface area contributed by atoms with Gasteiger partial charge in [0.05, 0.1) is 18.7 Å². The number of hydrogen-bond acceptors (Lipinski definition) is 6. The van der Waals surface area contributed by atoms with E-state index in [2.05, 4.69) is 10.3 Å². The van der Waals surface area contributed by atoms with E-state index in [0.717, 1.165) is 0 Å². The van der Waals surface area contributed by atoms with Crippen LogP contribution in [0.5, 0.6) is 5.75 Å². The molecule has 3 N–H and O–H groups in total. The summed E-state index contributed by atoms with van der Waals surface area (Å²) in [6, 6.07) is 8.08. The molecule has 0 bridgehead atoms. The number of carboxylic acid groups (broad SMARTS) is 1. The molecule has 0 aliphatic heterocycles. The lowest BCUT2D eigenvalue weighted by molar-refractivity contribution is -0.136. The molecule has 0 saturated carbocycles. The zero-order valence-corrected chi connectivity index (χ0v) is 20.3. The van der Waals surface area contributed by atoms with Gasteiger partial charge in [-0.25, -0.2) is 9.18 Å². The molecule has 0 radical (unpaired) electrons. The van der Waals surface area contributed by atoms with Crippen LogP contribution >= 0.6 is 0 Å². The quantitative estimate of drug-likeness (QED) is 0.509. The van der Waals surface area contributed by atoms with Crippen LogP contribution in [-0.2, 0) is 22.5 Å². The van der Waals surface area contributed by atoms with Gasteiger partial charge < -0.3 is 25.0 Å². The molecule has 1 unspecified atom stereocenters. The highest BCUT2D eigenvalue weighted by molar-refractivity contribution is 5.82. The number of aromatic nitrogens is 1. The lowest BCUT2D eigenvalue weighted by atomic mass is 9.97. The number of nitrogens with one attached hydrogen (secondary N) is 1. The zero-order chi connectivity index (χ0) is 26.0. The van der Waals surface area contributed by atoms with E-state index in [1.807, 2.05) is 0 Å². The third kappa shape index (κ3) is 5.79. The van der Waals surface area contributed by atoms with Crippen molar-refractivity contribution >= 4 is 17.6 Å². The van der Waals surface area contributed by atoms with Gasteiger partial charge in [-0.1, -0.05) is 18.2 Å². The van der Waals surface area contributed by atoms with Crippen molar-refractivity contribution in [3.63, 3.8) is 0 Å². The Hall–Kier alpha value is -3.88. The van der Waals surface area contributed by atoms with Crippen LogP contribution in [0.1, 0.15) is 51.4 Å². The number of aliphatic hydroxyl groups excluding tert-OH is 1. The average Bonchev–Trinajstić information content (AvgIpc) is 2.97. The minimum atomic E-state index is -1.34. The lowest BCUT2D eigenvalue weighted by Gasteiger charge is -2.29. The van der Waals surface area contributed by atoms with Crippen LogP contribution in [0, 0.1) is 5.82 Å². The Morgan fingerprint density at radius 1 is 1.20 bits per heavy atom. The first kappa shape index (κ1) is 25.7. The fraction of sp³-hybridized carbons (Fsp3) is 0.346. The SMILES string of the molecule is CC1=CC(c2ccnc(CNC(=O)OC(C)(C)C)c2F)=C(O)C1(C)Oc1ccccc1CC(=O)O. The standard InChI is InChI=1S/C26H29FN2O6/c1-15-12-18(17-10-11-28-19(22(17)27)14-29-24(33)35-25(2,3)4)23(32)26(15,5)34-20-9-7-6-8-16(20)13-21(30)31/h6-12,32H,13-14H2,1-5H3,(H,29,33)(H,30,31). The predicted octanol–water partition coefficient (Wildman–Crippen LogP) is 4.94. The fourth-order valence-corrected chi connectivity index (χ4v) is 3.62. The van der Waals surface area contributed by atoms with Gasteiger partial charge >= 0.3 is 12.1 Å². The Labute approximate surface area is 203 Å². The number of hydrogen-bond donors (Lipinski definition) is 3. The van der Waals surface area contributed by atoms with E-state index in [-0.39, 0.29) is 35.6 Å². The van der Waals surface area contributed by atoms with Gasteiger partial charge in [-0.15, -0.1) is 0 Å². The molecular weight excluding hydrogens is 455 g/mol. The number of amides is 1. The minimum Gasteiger partial charge on any atom is -0.507 e. The number of nitrogens with zero attached hydrogens (tertiary/aromatic N) is 1. The number of para-hydroxylation sites is 1. The highest BCUT2D eigenvalue weighted by Gasteiger charge is 2.41. The van der Waals surface area contributed by atoms with Gasteiger partial charge in [0, 0.05) is 22.9 Å². The smallest absolute Gasteiger partial charge is 0.407 e. The third-order valence-corrected chi connectivity index (χ3v) is 5.50. The molecular formula is C26H29FN2O6. The van der Waals surface area contributed by atoms with Crippen molar-refractivity contribution in [2.24, 2.45) is 0 Å². The summed E-state index contributed by atoms with van der Waals surface area (Å²) < 4.78 is 26.6. The van der Waals surface area contributed by atoms with Crippen molar-refractivity contribution in [3.05, 3.63) is 76.6 Å². The number of ether oxygens (including phenoxy) is 2. The predicted molar refractivity (Wildman–Crippen MR) is 127 cm³/mol. The van der Waals surface area contributed by atoms with E-state index in [4.69, 9.17) is 9.47 Å². The molecule has 35 heavy (non-hydrogen) atoms. The molecule has 1 heterocycles. The topological polar surface area (TPSA) is 118 Å². The summed E-state index contributed by atoms with van der Waals surface area (Å²) in [5.41, 5.74) is -0.729. The number of carboxylic acids is 1. The summed E-state index contributed by atoms with van der Waals surface area (Å²) >= 11 is 0. The maximum atomic E-state index is 15.4. The number of benzene rings is 1. The summed E-state index contributed by atoms with van der Waals surface area (Å²) in [6.07, 6.45) is 2.04. The molecule has 1 amide bonds. The largest absolute Gasteiger partial charge is 0.507 e. The Morgan fingerprint density at radius 3 is 2.54 bits per heavy atom. The van der Waals surface area contributed by atoms with Crippen molar-refractivity contribution in [3.8, 4) is 5.75 Å². The highest BCUT2D eigenvalue weighted by Crippen LogP contribution is 2.42. The normalized spacial score (nSPS) is 17.7. The Kier molecular flexibility index (Phi) is 7.19. The zero-order valence-electron chi connectivity index (χ0n) is 20.3. The summed E-state index contributed by atoms with van der Waals surface area (Å²) in [6.45, 7) is 8.30. The van der Waals surface area contributed by atoms with Crippen molar-refractivity contribution in [1.82, 2.24) is 10.3 Å². The highest BCUT2D eigenvalue weighted by atomic mass is 19.1. The number of carbonyl (C=O) groups is 2. The van der Waals surface area contributed by atoms with Gasteiger partial charge in [0.25, 0.3) is 0 Å². The number of aliphatic hydroxyl groups is 1. The second-order valence-corrected chi connectivity index (χ2v) is 9.38. The molecule has 1 aliphatic carbocycles. The van der Waals surface area contributed by atoms with E-state index >= 15 is 4.39 Å². The molecule has 9 heteroatoms. The van der Waals surface area contributed by atoms with E-state index in [1.54, 1.807) is 65.0 Å². The molecule has 0 spiro atoms. The van der Waals surface area contributed by atoms with Gasteiger partial charge in [-0.3, -0.25) is 9.78 Å². The van der Waals surface area contributed by atoms with Gasteiger partial charge in [0.15, 0.2) is 11.4 Å². The lowest BCUT2D eigenvalue weighted by Crippen LogP contribution is -2.34. The number of carbonyl (C=O) groups excluding carboxylic acids is 1. The van der Waals surface area contributed by atoms with Crippen LogP contribution in [0.2, 0.25) is 0 Å². The molecule has 3 rings (SSSR count). The number of halogens is 1. The fourth-order valence-electron chi connectivity index (χ4n) is 3.62. The number of rotatable bonds is 7. The van der Waals surface area contributed by atoms with Crippen LogP contribution in [0.4, 0.5) is 9.18 Å². The minimum absolute atomic E-state index is 0.0268. The summed E-state index contributed by atoms with van der Waals surface area (Å²) in [7, 11) is 0. The molecule has 8 nitrogen and oxygen atoms in total. The van der Waals surface area contributed by atoms with Crippen molar-refractivity contribution < 1.29 is 33.7 Å². The van der Waals surface area contributed by atoms with Gasteiger partial charge in [0.1, 0.15) is 17.1 Å². The van der Waals surface area contributed by atoms with Crippen molar-refractivity contribution in [2.75, 3.05) is 0 Å². The van der Waals surface area contributed by atoms with Crippen molar-refractivity contribution in [2.45, 2.75) is 58.8 Å². The van der Waals surface area contributed by atoms with Gasteiger partial charge in [-0.05, 0) is 58.4 Å². The van der Waals surface area contributed by atoms with Crippen molar-refractivity contribution in [1.29, 1.82) is 0 Å². The molecule has 2 aromatic rings. The number of allylic oxidation sites excluding steroid dienone is 2. The van der Waals surface area contributed by atoms with Gasteiger partial charge in [-0.2, -0.15) is 0 Å². The molecule has 1 aromatic heterocycles. The molecule has 0 fully saturated rings. The molecule has 1 aromatic carbocycles. The number of pyridine rings is 1. The molecule has 1 aliphatic rings. The maximum Gasteiger partial charge on any atom is 0.407 e. The van der Waals surface area contributed by atoms with E-state index < -0.39 is 29.1 Å². The maximum absolute atomic E-state index is 15.4. The van der Waals surface area contributed by atoms with Crippen LogP contribution < -0.4 is 10.1 Å². The molecule has 186 valence electrons. The monoisotopic (exact) mass is 484 g/mol. The number of aliphatic carboxylic acids is 1. The van der Waals surface area contributed by atoms with E-state index in [9.17, 15) is 19.8 Å². The average molecular weight is 485 g/mol. The van der Waals surface area contributed by atoms with E-state index in [0.29, 0.717) is 16.9 Å². The van der Waals surface area contributed by atoms with Crippen LogP contribution in [0.3, 0.4) is 0 Å². The Bertz CT molecular complexity index is 1210. The number of alkyl carbamates (subject to hydrolysis) is 1. The first-order valence-electron chi connectivity index (χ1n) is 11.0. The van der Waals surface area contributed by atoms with Gasteiger partial charge in [0.2, 0.25) is 0 Å². The molecule has 0 saturated heterocycles. The Balaban J connectivity index is 1.90. The molecule has 1 atom stereocenters. The first-order chi connectivity index (χ1) is 16.3. The van der Waals surface area contributed by atoms with E-state index in [1.165, 1.54) is 12.3 Å². The van der Waals surface area contributed by atoms with Crippen LogP contribution in [-0.4, -0.2) is 38.5 Å². The van der Waals surface area contributed by atoms with Crippen LogP contribution in [0.15, 0.2) is 53.9 Å². The Morgan fingerprint density at radius 2 is 1.89 bits per heavy atom.